The Morgan fingerprint density at radius 1 is 1.39 bits per heavy atom. The molecular formula is C14H26N4. The normalized spacial score (nSPS) is 33.4. The van der Waals surface area contributed by atoms with Gasteiger partial charge in [0.2, 0.25) is 0 Å². The number of likely N-dealkylation sites (tertiary alicyclic amines) is 1. The van der Waals surface area contributed by atoms with Crippen LogP contribution in [0.25, 0.3) is 0 Å². The molecule has 0 aromatic carbocycles. The summed E-state index contributed by atoms with van der Waals surface area (Å²) >= 11 is 0. The maximum Gasteiger partial charge on any atom is 0.0530 e. The molecule has 4 heteroatoms. The van der Waals surface area contributed by atoms with E-state index in [0.717, 1.165) is 18.8 Å². The molecule has 102 valence electrons. The first-order valence-electron chi connectivity index (χ1n) is 7.00. The minimum atomic E-state index is -0.168. The zero-order valence-electron chi connectivity index (χ0n) is 11.4. The van der Waals surface area contributed by atoms with E-state index in [1.54, 1.807) is 0 Å². The summed E-state index contributed by atoms with van der Waals surface area (Å²) in [5.41, 5.74) is 12.5. The van der Waals surface area contributed by atoms with Crippen LogP contribution in [0.4, 0.5) is 0 Å². The minimum Gasteiger partial charge on any atom is -0.399 e. The van der Waals surface area contributed by atoms with Gasteiger partial charge in [-0.3, -0.25) is 0 Å². The Bertz CT molecular complexity index is 331. The van der Waals surface area contributed by atoms with Crippen molar-refractivity contribution in [1.82, 2.24) is 10.2 Å². The predicted molar refractivity (Wildman–Crippen MR) is 76.1 cm³/mol. The van der Waals surface area contributed by atoms with E-state index < -0.39 is 0 Å². The Balaban J connectivity index is 1.77. The third-order valence-corrected chi connectivity index (χ3v) is 4.07. The van der Waals surface area contributed by atoms with Crippen LogP contribution in [-0.4, -0.2) is 42.7 Å². The summed E-state index contributed by atoms with van der Waals surface area (Å²) in [6.07, 6.45) is 10.0. The Kier molecular flexibility index (Phi) is 4.43. The molecule has 2 aliphatic rings. The molecule has 0 aromatic rings. The van der Waals surface area contributed by atoms with Crippen molar-refractivity contribution >= 4 is 0 Å². The second kappa shape index (κ2) is 5.87. The number of nitrogens with two attached hydrogens (primary N) is 2. The molecule has 5 N–H and O–H groups in total. The average Bonchev–Trinajstić information content (AvgIpc) is 2.36. The highest BCUT2D eigenvalue weighted by Gasteiger charge is 2.29. The fraction of sp³-hybridized carbons (Fsp3) is 0.714. The van der Waals surface area contributed by atoms with Gasteiger partial charge in [0.25, 0.3) is 0 Å². The molecule has 2 unspecified atom stereocenters. The second-order valence-corrected chi connectivity index (χ2v) is 5.64. The van der Waals surface area contributed by atoms with Gasteiger partial charge in [-0.05, 0) is 45.0 Å². The molecular weight excluding hydrogens is 224 g/mol. The quantitative estimate of drug-likeness (QED) is 0.682. The molecule has 0 spiro atoms. The molecule has 1 heterocycles. The van der Waals surface area contributed by atoms with Crippen LogP contribution in [0.15, 0.2) is 23.9 Å². The average molecular weight is 250 g/mol. The monoisotopic (exact) mass is 250 g/mol. The van der Waals surface area contributed by atoms with Crippen LogP contribution in [0.1, 0.15) is 26.2 Å². The van der Waals surface area contributed by atoms with Crippen LogP contribution in [0.5, 0.6) is 0 Å². The largest absolute Gasteiger partial charge is 0.399 e. The van der Waals surface area contributed by atoms with E-state index in [1.165, 1.54) is 32.4 Å². The van der Waals surface area contributed by atoms with Crippen molar-refractivity contribution in [1.29, 1.82) is 0 Å². The first-order valence-corrected chi connectivity index (χ1v) is 7.00. The molecule has 1 fully saturated rings. The number of rotatable bonds is 4. The van der Waals surface area contributed by atoms with Gasteiger partial charge in [0, 0.05) is 24.8 Å². The lowest BCUT2D eigenvalue weighted by molar-refractivity contribution is 0.221. The topological polar surface area (TPSA) is 67.3 Å². The first kappa shape index (κ1) is 13.6. The Labute approximate surface area is 110 Å². The van der Waals surface area contributed by atoms with E-state index in [2.05, 4.69) is 23.2 Å². The first-order chi connectivity index (χ1) is 8.60. The zero-order valence-corrected chi connectivity index (χ0v) is 11.4. The van der Waals surface area contributed by atoms with Gasteiger partial charge in [0.05, 0.1) is 5.54 Å². The minimum absolute atomic E-state index is 0.0520. The highest BCUT2D eigenvalue weighted by Crippen LogP contribution is 2.17. The van der Waals surface area contributed by atoms with Gasteiger partial charge in [0.1, 0.15) is 0 Å². The molecule has 0 amide bonds. The fourth-order valence-electron chi connectivity index (χ4n) is 2.66. The smallest absolute Gasteiger partial charge is 0.0530 e. The van der Waals surface area contributed by atoms with Gasteiger partial charge in [-0.2, -0.15) is 0 Å². The summed E-state index contributed by atoms with van der Waals surface area (Å²) in [6.45, 7) is 6.70. The zero-order chi connectivity index (χ0) is 13.0. The van der Waals surface area contributed by atoms with E-state index in [1.807, 2.05) is 12.2 Å². The van der Waals surface area contributed by atoms with Crippen molar-refractivity contribution in [3.63, 3.8) is 0 Å². The van der Waals surface area contributed by atoms with Crippen LogP contribution < -0.4 is 16.8 Å². The standard InChI is InChI=1S/C14H26N4/c1-14(6-5-12(15)11-13(14)16)17-7-10-18-8-3-2-4-9-18/h5-6,11,13,17H,2-4,7-10,15-16H2,1H3. The van der Waals surface area contributed by atoms with Crippen LogP contribution in [0.2, 0.25) is 0 Å². The molecule has 4 nitrogen and oxygen atoms in total. The fourth-order valence-corrected chi connectivity index (χ4v) is 2.66. The molecule has 2 atom stereocenters. The van der Waals surface area contributed by atoms with Crippen molar-refractivity contribution in [2.75, 3.05) is 26.2 Å². The van der Waals surface area contributed by atoms with Crippen molar-refractivity contribution < 1.29 is 0 Å². The van der Waals surface area contributed by atoms with Crippen LogP contribution in [-0.2, 0) is 0 Å². The molecule has 0 bridgehead atoms. The third-order valence-electron chi connectivity index (χ3n) is 4.07. The van der Waals surface area contributed by atoms with E-state index in [-0.39, 0.29) is 11.6 Å². The second-order valence-electron chi connectivity index (χ2n) is 5.64. The van der Waals surface area contributed by atoms with Gasteiger partial charge >= 0.3 is 0 Å². The van der Waals surface area contributed by atoms with Crippen LogP contribution >= 0.6 is 0 Å². The van der Waals surface area contributed by atoms with Gasteiger partial charge in [0.15, 0.2) is 0 Å². The van der Waals surface area contributed by atoms with Crippen LogP contribution in [0.3, 0.4) is 0 Å². The Hall–Kier alpha value is -0.840. The molecule has 0 saturated carbocycles. The molecule has 0 radical (unpaired) electrons. The number of nitrogens with one attached hydrogen (secondary N) is 1. The molecule has 1 aliphatic heterocycles. The molecule has 2 rings (SSSR count). The predicted octanol–water partition coefficient (Wildman–Crippen LogP) is 0.560. The summed E-state index contributed by atoms with van der Waals surface area (Å²) in [6, 6.07) is -0.0520. The maximum atomic E-state index is 6.14. The summed E-state index contributed by atoms with van der Waals surface area (Å²) in [5, 5.41) is 3.56. The van der Waals surface area contributed by atoms with Crippen molar-refractivity contribution in [2.24, 2.45) is 11.5 Å². The SMILES string of the molecule is CC1(NCCN2CCCCC2)C=CC(N)=CC1N. The summed E-state index contributed by atoms with van der Waals surface area (Å²) < 4.78 is 0. The lowest BCUT2D eigenvalue weighted by atomic mass is 9.88. The van der Waals surface area contributed by atoms with Crippen molar-refractivity contribution in [3.8, 4) is 0 Å². The van der Waals surface area contributed by atoms with Crippen molar-refractivity contribution in [3.05, 3.63) is 23.9 Å². The number of piperidine rings is 1. The summed E-state index contributed by atoms with van der Waals surface area (Å²) in [7, 11) is 0. The number of nitrogens with zero attached hydrogens (tertiary/aromatic N) is 1. The van der Waals surface area contributed by atoms with Crippen molar-refractivity contribution in [2.45, 2.75) is 37.8 Å². The summed E-state index contributed by atoms with van der Waals surface area (Å²) in [5.74, 6) is 0. The van der Waals surface area contributed by atoms with Gasteiger partial charge in [-0.1, -0.05) is 12.5 Å². The number of allylic oxidation sites excluding steroid dienone is 1. The highest BCUT2D eigenvalue weighted by atomic mass is 15.1. The molecule has 18 heavy (non-hydrogen) atoms. The van der Waals surface area contributed by atoms with E-state index in [4.69, 9.17) is 11.5 Å². The lowest BCUT2D eigenvalue weighted by Crippen LogP contribution is -2.56. The number of hydrogen-bond acceptors (Lipinski definition) is 4. The number of hydrogen-bond donors (Lipinski definition) is 3. The highest BCUT2D eigenvalue weighted by molar-refractivity contribution is 5.31. The van der Waals surface area contributed by atoms with E-state index in [9.17, 15) is 0 Å². The van der Waals surface area contributed by atoms with E-state index >= 15 is 0 Å². The van der Waals surface area contributed by atoms with Gasteiger partial charge < -0.3 is 21.7 Å². The van der Waals surface area contributed by atoms with E-state index in [0.29, 0.717) is 0 Å². The summed E-state index contributed by atoms with van der Waals surface area (Å²) in [4.78, 5) is 2.53. The maximum absolute atomic E-state index is 6.14. The Morgan fingerprint density at radius 2 is 2.11 bits per heavy atom. The van der Waals surface area contributed by atoms with Crippen LogP contribution in [0, 0.1) is 0 Å². The molecule has 1 aliphatic carbocycles. The third kappa shape index (κ3) is 3.34. The van der Waals surface area contributed by atoms with Gasteiger partial charge in [-0.15, -0.1) is 0 Å². The lowest BCUT2D eigenvalue weighted by Gasteiger charge is -2.36. The molecule has 0 aromatic heterocycles. The molecule has 1 saturated heterocycles. The van der Waals surface area contributed by atoms with Gasteiger partial charge in [-0.25, -0.2) is 0 Å². The Morgan fingerprint density at radius 3 is 2.78 bits per heavy atom.